The third-order valence-corrected chi connectivity index (χ3v) is 6.17. The molecule has 0 spiro atoms. The molecule has 2 aromatic rings. The lowest BCUT2D eigenvalue weighted by Gasteiger charge is -2.42. The van der Waals surface area contributed by atoms with E-state index in [1.54, 1.807) is 0 Å². The number of fused-ring (bicyclic) bond motifs is 2. The smallest absolute Gasteiger partial charge is 0.230 e. The number of carbonyl (C=O) groups excluding carboxylic acids is 1. The maximum Gasteiger partial charge on any atom is 0.230 e. The second kappa shape index (κ2) is 6.25. The highest BCUT2D eigenvalue weighted by molar-refractivity contribution is 5.99. The summed E-state index contributed by atoms with van der Waals surface area (Å²) >= 11 is 0. The number of benzene rings is 1. The van der Waals surface area contributed by atoms with Crippen molar-refractivity contribution in [2.45, 2.75) is 19.4 Å². The van der Waals surface area contributed by atoms with Crippen LogP contribution in [-0.2, 0) is 16.0 Å². The number of aromatic amines is 1. The minimum absolute atomic E-state index is 0.0601. The first-order valence-electron chi connectivity index (χ1n) is 9.68. The molecule has 0 saturated carbocycles. The molecule has 26 heavy (non-hydrogen) atoms. The van der Waals surface area contributed by atoms with Crippen molar-refractivity contribution in [1.29, 1.82) is 0 Å². The van der Waals surface area contributed by atoms with Crippen LogP contribution in [0.2, 0.25) is 0 Å². The van der Waals surface area contributed by atoms with Gasteiger partial charge in [-0.2, -0.15) is 0 Å². The van der Waals surface area contributed by atoms with Crippen LogP contribution in [-0.4, -0.2) is 66.1 Å². The van der Waals surface area contributed by atoms with Gasteiger partial charge in [0.1, 0.15) is 0 Å². The third-order valence-electron chi connectivity index (χ3n) is 6.17. The fourth-order valence-electron chi connectivity index (χ4n) is 4.85. The van der Waals surface area contributed by atoms with E-state index in [-0.39, 0.29) is 11.8 Å². The molecule has 136 valence electrons. The van der Waals surface area contributed by atoms with E-state index in [2.05, 4.69) is 47.3 Å². The Morgan fingerprint density at radius 1 is 1.31 bits per heavy atom. The number of carbonyl (C=O) groups is 1. The molecule has 1 aromatic heterocycles. The summed E-state index contributed by atoms with van der Waals surface area (Å²) in [5.41, 5.74) is 5.23. The molecule has 5 rings (SSSR count). The van der Waals surface area contributed by atoms with Gasteiger partial charge in [-0.1, -0.05) is 25.1 Å². The molecule has 1 fully saturated rings. The number of morpholine rings is 1. The molecule has 2 atom stereocenters. The summed E-state index contributed by atoms with van der Waals surface area (Å²) < 4.78 is 5.41. The monoisotopic (exact) mass is 351 g/mol. The van der Waals surface area contributed by atoms with Gasteiger partial charge in [0, 0.05) is 42.8 Å². The van der Waals surface area contributed by atoms with Crippen molar-refractivity contribution in [3.8, 4) is 0 Å². The largest absolute Gasteiger partial charge is 0.378 e. The van der Waals surface area contributed by atoms with Crippen molar-refractivity contribution < 1.29 is 9.53 Å². The topological polar surface area (TPSA) is 48.6 Å². The van der Waals surface area contributed by atoms with Gasteiger partial charge in [-0.3, -0.25) is 9.69 Å². The van der Waals surface area contributed by atoms with E-state index < -0.39 is 0 Å². The number of hydrogen-bond donors (Lipinski definition) is 1. The highest BCUT2D eigenvalue weighted by Crippen LogP contribution is 2.41. The van der Waals surface area contributed by atoms with Crippen molar-refractivity contribution in [2.75, 3.05) is 39.4 Å². The van der Waals surface area contributed by atoms with E-state index in [1.165, 1.54) is 27.6 Å². The average molecular weight is 351 g/mol. The number of aromatic nitrogens is 1. The molecule has 1 saturated heterocycles. The van der Waals surface area contributed by atoms with Crippen LogP contribution >= 0.6 is 0 Å². The number of ether oxygens (including phenoxy) is 1. The van der Waals surface area contributed by atoms with Crippen molar-refractivity contribution >= 4 is 22.4 Å². The number of likely N-dealkylation sites (N-methyl/N-ethyl adjacent to an activating group) is 1. The van der Waals surface area contributed by atoms with Crippen molar-refractivity contribution in [2.24, 2.45) is 5.92 Å². The van der Waals surface area contributed by atoms with Gasteiger partial charge in [0.25, 0.3) is 0 Å². The molecule has 0 unspecified atom stereocenters. The molecular formula is C21H25N3O2. The Morgan fingerprint density at radius 2 is 2.15 bits per heavy atom. The van der Waals surface area contributed by atoms with Gasteiger partial charge in [0.15, 0.2) is 0 Å². The van der Waals surface area contributed by atoms with E-state index in [0.717, 1.165) is 19.5 Å². The number of hydrogen-bond acceptors (Lipinski definition) is 3. The first kappa shape index (κ1) is 16.1. The third kappa shape index (κ3) is 2.42. The average Bonchev–Trinajstić information content (AvgIpc) is 3.12. The first-order chi connectivity index (χ1) is 12.8. The maximum atomic E-state index is 13.1. The number of nitrogens with zero attached hydrogens (tertiary/aromatic N) is 2. The fourth-order valence-corrected chi connectivity index (χ4v) is 4.85. The van der Waals surface area contributed by atoms with Gasteiger partial charge in [0.05, 0.1) is 19.1 Å². The second-order valence-electron chi connectivity index (χ2n) is 7.52. The quantitative estimate of drug-likeness (QED) is 0.903. The van der Waals surface area contributed by atoms with Gasteiger partial charge >= 0.3 is 0 Å². The molecular weight excluding hydrogens is 326 g/mol. The highest BCUT2D eigenvalue weighted by atomic mass is 16.5. The molecule has 0 bridgehead atoms. The van der Waals surface area contributed by atoms with E-state index in [4.69, 9.17) is 4.74 Å². The molecule has 1 amide bonds. The number of H-pyrrole nitrogens is 1. The Bertz CT molecular complexity index is 879. The summed E-state index contributed by atoms with van der Waals surface area (Å²) in [5, 5.41) is 1.34. The number of amides is 1. The molecule has 5 heteroatoms. The predicted molar refractivity (Wildman–Crippen MR) is 102 cm³/mol. The zero-order chi connectivity index (χ0) is 17.7. The minimum Gasteiger partial charge on any atom is -0.378 e. The minimum atomic E-state index is -0.0601. The second-order valence-corrected chi connectivity index (χ2v) is 7.52. The zero-order valence-electron chi connectivity index (χ0n) is 15.2. The molecule has 1 aromatic carbocycles. The summed E-state index contributed by atoms with van der Waals surface area (Å²) in [5.74, 6) is 0.194. The Morgan fingerprint density at radius 3 is 2.96 bits per heavy atom. The number of rotatable bonds is 2. The summed E-state index contributed by atoms with van der Waals surface area (Å²) in [6.45, 7) is 6.72. The molecule has 3 aliphatic rings. The lowest BCUT2D eigenvalue weighted by molar-refractivity contribution is -0.138. The van der Waals surface area contributed by atoms with Crippen LogP contribution in [0.3, 0.4) is 0 Å². The Hall–Kier alpha value is -2.11. The van der Waals surface area contributed by atoms with Crippen molar-refractivity contribution in [3.05, 3.63) is 41.6 Å². The summed E-state index contributed by atoms with van der Waals surface area (Å²) in [6, 6.07) is 6.85. The van der Waals surface area contributed by atoms with Crippen LogP contribution in [0.25, 0.3) is 16.5 Å². The van der Waals surface area contributed by atoms with Gasteiger partial charge in [-0.15, -0.1) is 0 Å². The summed E-state index contributed by atoms with van der Waals surface area (Å²) in [7, 11) is 0. The standard InChI is InChI=1S/C21H25N3O2/c1-2-23-13-15(21(25)24-6-8-26-9-7-24)10-17-16-4-3-5-18-20(16)14(12-22-18)11-19(17)23/h3-5,10,12,15,19,22H,2,6-9,11,13H2,1H3/t15-,19-/m1/s1. The lowest BCUT2D eigenvalue weighted by atomic mass is 9.79. The molecule has 0 radical (unpaired) electrons. The maximum absolute atomic E-state index is 13.1. The molecule has 3 heterocycles. The van der Waals surface area contributed by atoms with Gasteiger partial charge < -0.3 is 14.6 Å². The van der Waals surface area contributed by atoms with Crippen LogP contribution < -0.4 is 0 Å². The van der Waals surface area contributed by atoms with Crippen LogP contribution in [0, 0.1) is 5.92 Å². The van der Waals surface area contributed by atoms with E-state index in [9.17, 15) is 4.79 Å². The van der Waals surface area contributed by atoms with Crippen molar-refractivity contribution in [3.63, 3.8) is 0 Å². The predicted octanol–water partition coefficient (Wildman–Crippen LogP) is 2.29. The Labute approximate surface area is 153 Å². The van der Waals surface area contributed by atoms with Crippen LogP contribution in [0.1, 0.15) is 18.1 Å². The molecule has 2 aliphatic heterocycles. The molecule has 1 aliphatic carbocycles. The zero-order valence-corrected chi connectivity index (χ0v) is 15.2. The van der Waals surface area contributed by atoms with E-state index in [1.807, 2.05) is 4.90 Å². The van der Waals surface area contributed by atoms with Crippen LogP contribution in [0.4, 0.5) is 0 Å². The van der Waals surface area contributed by atoms with Crippen LogP contribution in [0.5, 0.6) is 0 Å². The molecule has 1 N–H and O–H groups in total. The highest BCUT2D eigenvalue weighted by Gasteiger charge is 2.37. The first-order valence-corrected chi connectivity index (χ1v) is 9.68. The van der Waals surface area contributed by atoms with E-state index >= 15 is 0 Å². The van der Waals surface area contributed by atoms with Crippen molar-refractivity contribution in [1.82, 2.24) is 14.8 Å². The number of nitrogens with one attached hydrogen (secondary N) is 1. The van der Waals surface area contributed by atoms with Gasteiger partial charge in [-0.25, -0.2) is 0 Å². The van der Waals surface area contributed by atoms with Gasteiger partial charge in [-0.05, 0) is 35.7 Å². The van der Waals surface area contributed by atoms with Crippen LogP contribution in [0.15, 0.2) is 30.5 Å². The normalized spacial score (nSPS) is 25.9. The Kier molecular flexibility index (Phi) is 3.87. The van der Waals surface area contributed by atoms with E-state index in [0.29, 0.717) is 32.3 Å². The summed E-state index contributed by atoms with van der Waals surface area (Å²) in [4.78, 5) is 21.0. The van der Waals surface area contributed by atoms with Gasteiger partial charge in [0.2, 0.25) is 5.91 Å². The lowest BCUT2D eigenvalue weighted by Crippen LogP contribution is -2.51. The SMILES string of the molecule is CCN1C[C@H](C(=O)N2CCOCC2)C=C2c3cccc4[nH]cc(c34)C[C@H]21. The Balaban J connectivity index is 1.56. The summed E-state index contributed by atoms with van der Waals surface area (Å²) in [6.07, 6.45) is 5.44. The molecule has 5 nitrogen and oxygen atoms in total. The fraction of sp³-hybridized carbons (Fsp3) is 0.476.